The second kappa shape index (κ2) is 5.49. The molecule has 0 spiro atoms. The molecule has 16 heavy (non-hydrogen) atoms. The molecule has 0 aromatic carbocycles. The van der Waals surface area contributed by atoms with Crippen LogP contribution in [0.25, 0.3) is 0 Å². The van der Waals surface area contributed by atoms with Crippen molar-refractivity contribution in [2.24, 2.45) is 0 Å². The standard InChI is InChI=1S/C8H4Br2O2S3.ClH/c9-5-1-3-13-7(5)15(11,12)8-6(10)2-4-14-8;/h1-4H;1H. The molecule has 0 saturated heterocycles. The predicted molar refractivity (Wildman–Crippen MR) is 76.7 cm³/mol. The third kappa shape index (κ3) is 2.54. The molecular weight excluding hydrogens is 420 g/mol. The zero-order chi connectivity index (χ0) is 11.1. The Labute approximate surface area is 124 Å². The van der Waals surface area contributed by atoms with Gasteiger partial charge in [-0.25, -0.2) is 8.42 Å². The van der Waals surface area contributed by atoms with Crippen LogP contribution < -0.4 is 0 Å². The van der Waals surface area contributed by atoms with Crippen molar-refractivity contribution < 1.29 is 8.42 Å². The van der Waals surface area contributed by atoms with Crippen molar-refractivity contribution in [1.82, 2.24) is 0 Å². The summed E-state index contributed by atoms with van der Waals surface area (Å²) in [7, 11) is -3.37. The van der Waals surface area contributed by atoms with Crippen LogP contribution in [0.1, 0.15) is 0 Å². The van der Waals surface area contributed by atoms with Crippen molar-refractivity contribution in [1.29, 1.82) is 0 Å². The fourth-order valence-electron chi connectivity index (χ4n) is 1.03. The molecule has 8 heteroatoms. The van der Waals surface area contributed by atoms with Crippen LogP contribution in [0.3, 0.4) is 0 Å². The van der Waals surface area contributed by atoms with Crippen LogP contribution in [0.4, 0.5) is 0 Å². The Bertz CT molecular complexity index is 542. The highest BCUT2D eigenvalue weighted by Gasteiger charge is 2.25. The number of hydrogen-bond donors (Lipinski definition) is 0. The van der Waals surface area contributed by atoms with Crippen molar-refractivity contribution in [3.8, 4) is 0 Å². The Morgan fingerprint density at radius 2 is 1.31 bits per heavy atom. The van der Waals surface area contributed by atoms with Crippen LogP contribution in [0.2, 0.25) is 0 Å². The average molecular weight is 425 g/mol. The van der Waals surface area contributed by atoms with Gasteiger partial charge in [-0.15, -0.1) is 35.1 Å². The average Bonchev–Trinajstić information content (AvgIpc) is 2.73. The third-order valence-corrected chi connectivity index (χ3v) is 8.75. The molecule has 2 aromatic heterocycles. The first-order valence-electron chi connectivity index (χ1n) is 3.74. The Morgan fingerprint density at radius 1 is 0.938 bits per heavy atom. The SMILES string of the molecule is Cl.O=S(=O)(c1sccc1Br)c1sccc1Br. The van der Waals surface area contributed by atoms with Crippen molar-refractivity contribution in [3.63, 3.8) is 0 Å². The summed E-state index contributed by atoms with van der Waals surface area (Å²) < 4.78 is 26.3. The number of hydrogen-bond acceptors (Lipinski definition) is 4. The number of halogens is 3. The molecule has 0 aliphatic heterocycles. The summed E-state index contributed by atoms with van der Waals surface area (Å²) >= 11 is 8.89. The maximum atomic E-state index is 12.2. The van der Waals surface area contributed by atoms with E-state index in [4.69, 9.17) is 0 Å². The highest BCUT2D eigenvalue weighted by molar-refractivity contribution is 9.11. The smallest absolute Gasteiger partial charge is 0.217 e. The van der Waals surface area contributed by atoms with Gasteiger partial charge in [0, 0.05) is 8.95 Å². The number of rotatable bonds is 2. The van der Waals surface area contributed by atoms with Crippen molar-refractivity contribution in [2.75, 3.05) is 0 Å². The van der Waals surface area contributed by atoms with Gasteiger partial charge in [0.05, 0.1) is 0 Å². The zero-order valence-electron chi connectivity index (χ0n) is 7.51. The summed E-state index contributed by atoms with van der Waals surface area (Å²) in [5.41, 5.74) is 0. The first-order chi connectivity index (χ1) is 7.03. The largest absolute Gasteiger partial charge is 0.227 e. The highest BCUT2D eigenvalue weighted by atomic mass is 79.9. The van der Waals surface area contributed by atoms with Gasteiger partial charge in [-0.1, -0.05) is 0 Å². The minimum absolute atomic E-state index is 0. The van der Waals surface area contributed by atoms with Crippen molar-refractivity contribution in [2.45, 2.75) is 8.42 Å². The monoisotopic (exact) mass is 422 g/mol. The summed E-state index contributed by atoms with van der Waals surface area (Å²) in [5, 5.41) is 3.50. The van der Waals surface area contributed by atoms with Gasteiger partial charge in [0.2, 0.25) is 9.84 Å². The normalized spacial score (nSPS) is 11.1. The molecule has 0 amide bonds. The molecule has 0 N–H and O–H groups in total. The van der Waals surface area contributed by atoms with Crippen LogP contribution in [0, 0.1) is 0 Å². The number of thiophene rings is 2. The van der Waals surface area contributed by atoms with E-state index in [0.29, 0.717) is 17.4 Å². The minimum Gasteiger partial charge on any atom is -0.217 e. The Kier molecular flexibility index (Phi) is 5.03. The molecule has 0 aliphatic rings. The predicted octanol–water partition coefficient (Wildman–Crippen LogP) is 4.59. The summed E-state index contributed by atoms with van der Waals surface area (Å²) in [6.45, 7) is 0. The molecule has 0 unspecified atom stereocenters. The summed E-state index contributed by atoms with van der Waals surface area (Å²) in [5.74, 6) is 0. The molecule has 0 saturated carbocycles. The van der Waals surface area contributed by atoms with Crippen LogP contribution in [-0.4, -0.2) is 8.42 Å². The third-order valence-electron chi connectivity index (χ3n) is 1.66. The van der Waals surface area contributed by atoms with Crippen LogP contribution in [0.5, 0.6) is 0 Å². The van der Waals surface area contributed by atoms with Gasteiger partial charge in [0.1, 0.15) is 8.42 Å². The van der Waals surface area contributed by atoms with Crippen LogP contribution in [-0.2, 0) is 9.84 Å². The first-order valence-corrected chi connectivity index (χ1v) is 8.57. The van der Waals surface area contributed by atoms with Gasteiger partial charge in [0.15, 0.2) is 0 Å². The van der Waals surface area contributed by atoms with Gasteiger partial charge >= 0.3 is 0 Å². The summed E-state index contributed by atoms with van der Waals surface area (Å²) in [6.07, 6.45) is 0. The van der Waals surface area contributed by atoms with E-state index in [1.54, 1.807) is 22.9 Å². The Morgan fingerprint density at radius 3 is 1.56 bits per heavy atom. The highest BCUT2D eigenvalue weighted by Crippen LogP contribution is 2.37. The van der Waals surface area contributed by atoms with Crippen LogP contribution in [0.15, 0.2) is 40.3 Å². The minimum atomic E-state index is -3.37. The molecule has 88 valence electrons. The maximum absolute atomic E-state index is 12.2. The van der Waals surface area contributed by atoms with E-state index in [0.717, 1.165) is 0 Å². The molecule has 0 aliphatic carbocycles. The lowest BCUT2D eigenvalue weighted by Crippen LogP contribution is -1.98. The molecule has 2 aromatic rings. The Hall–Kier alpha value is 0.600. The van der Waals surface area contributed by atoms with E-state index >= 15 is 0 Å². The lowest BCUT2D eigenvalue weighted by molar-refractivity contribution is 0.599. The molecule has 2 heterocycles. The molecule has 2 nitrogen and oxygen atoms in total. The van der Waals surface area contributed by atoms with E-state index in [1.165, 1.54) is 22.7 Å². The zero-order valence-corrected chi connectivity index (χ0v) is 14.0. The lowest BCUT2D eigenvalue weighted by atomic mass is 10.7. The van der Waals surface area contributed by atoms with E-state index < -0.39 is 9.84 Å². The topological polar surface area (TPSA) is 34.1 Å². The Balaban J connectivity index is 0.00000128. The fourth-order valence-corrected chi connectivity index (χ4v) is 7.32. The molecule has 0 fully saturated rings. The maximum Gasteiger partial charge on any atom is 0.227 e. The quantitative estimate of drug-likeness (QED) is 0.707. The first kappa shape index (κ1) is 14.7. The van der Waals surface area contributed by atoms with E-state index in [2.05, 4.69) is 31.9 Å². The summed E-state index contributed by atoms with van der Waals surface area (Å²) in [4.78, 5) is 0. The molecular formula is C8H5Br2ClO2S3. The second-order valence-corrected chi connectivity index (χ2v) is 8.50. The van der Waals surface area contributed by atoms with E-state index in [1.807, 2.05) is 0 Å². The van der Waals surface area contributed by atoms with Gasteiger partial charge in [-0.3, -0.25) is 0 Å². The summed E-state index contributed by atoms with van der Waals surface area (Å²) in [6, 6.07) is 3.47. The van der Waals surface area contributed by atoms with Crippen molar-refractivity contribution in [3.05, 3.63) is 31.8 Å². The van der Waals surface area contributed by atoms with Gasteiger partial charge in [-0.2, -0.15) is 0 Å². The van der Waals surface area contributed by atoms with Crippen LogP contribution >= 0.6 is 66.9 Å². The second-order valence-electron chi connectivity index (χ2n) is 2.62. The van der Waals surface area contributed by atoms with E-state index in [9.17, 15) is 8.42 Å². The fraction of sp³-hybridized carbons (Fsp3) is 0. The molecule has 0 atom stereocenters. The number of sulfone groups is 1. The molecule has 0 bridgehead atoms. The van der Waals surface area contributed by atoms with Gasteiger partial charge in [0.25, 0.3) is 0 Å². The van der Waals surface area contributed by atoms with E-state index in [-0.39, 0.29) is 12.4 Å². The lowest BCUT2D eigenvalue weighted by Gasteiger charge is -1.99. The van der Waals surface area contributed by atoms with Crippen molar-refractivity contribution >= 4 is 76.8 Å². The van der Waals surface area contributed by atoms with Gasteiger partial charge in [-0.05, 0) is 54.8 Å². The van der Waals surface area contributed by atoms with Gasteiger partial charge < -0.3 is 0 Å². The molecule has 2 rings (SSSR count). The molecule has 0 radical (unpaired) electrons.